The molecule has 0 aliphatic heterocycles. The van der Waals surface area contributed by atoms with Crippen molar-refractivity contribution >= 4 is 23.5 Å². The minimum Gasteiger partial charge on any atom is -0.454 e. The Balaban J connectivity index is 1.66. The van der Waals surface area contributed by atoms with E-state index < -0.39 is 11.6 Å². The SMILES string of the molecule is CNC/C=C(\C/C(C)=C\C/C=C/C(=O)c1cnn(-c2ccc(Oc3cccc(F)c3F)cc2C)c1N)NSC. The lowest BCUT2D eigenvalue weighted by Gasteiger charge is -2.12. The van der Waals surface area contributed by atoms with E-state index in [4.69, 9.17) is 10.5 Å². The van der Waals surface area contributed by atoms with Crippen LogP contribution in [-0.4, -0.2) is 35.4 Å². The molecular formula is C29H33F2N5O2S. The van der Waals surface area contributed by atoms with Crippen molar-refractivity contribution in [3.05, 3.63) is 101 Å². The van der Waals surface area contributed by atoms with Gasteiger partial charge in [-0.2, -0.15) is 9.49 Å². The summed E-state index contributed by atoms with van der Waals surface area (Å²) in [5.41, 5.74) is 10.2. The molecule has 0 spiro atoms. The topological polar surface area (TPSA) is 94.2 Å². The largest absolute Gasteiger partial charge is 0.454 e. The quantitative estimate of drug-likeness (QED) is 0.0994. The van der Waals surface area contributed by atoms with E-state index in [0.29, 0.717) is 23.4 Å². The van der Waals surface area contributed by atoms with Gasteiger partial charge in [0, 0.05) is 24.9 Å². The van der Waals surface area contributed by atoms with E-state index in [-0.39, 0.29) is 22.9 Å². The number of ketones is 1. The van der Waals surface area contributed by atoms with Crippen molar-refractivity contribution in [3.8, 4) is 17.2 Å². The molecule has 0 aliphatic rings. The molecule has 1 aromatic heterocycles. The number of nitrogens with two attached hydrogens (primary N) is 1. The van der Waals surface area contributed by atoms with Gasteiger partial charge >= 0.3 is 0 Å². The van der Waals surface area contributed by atoms with Crippen LogP contribution < -0.4 is 20.5 Å². The number of carbonyl (C=O) groups excluding carboxylic acids is 1. The average molecular weight is 554 g/mol. The first-order valence-electron chi connectivity index (χ1n) is 12.3. The molecule has 0 unspecified atom stereocenters. The lowest BCUT2D eigenvalue weighted by atomic mass is 10.1. The fraction of sp³-hybridized carbons (Fsp3) is 0.241. The third-order valence-electron chi connectivity index (χ3n) is 5.74. The zero-order valence-electron chi connectivity index (χ0n) is 22.4. The first kappa shape index (κ1) is 29.7. The van der Waals surface area contributed by atoms with Crippen molar-refractivity contribution in [2.75, 3.05) is 25.6 Å². The van der Waals surface area contributed by atoms with Crippen molar-refractivity contribution in [1.29, 1.82) is 0 Å². The van der Waals surface area contributed by atoms with Crippen molar-refractivity contribution < 1.29 is 18.3 Å². The molecule has 0 radical (unpaired) electrons. The van der Waals surface area contributed by atoms with E-state index in [1.54, 1.807) is 43.1 Å². The minimum atomic E-state index is -1.06. The zero-order valence-corrected chi connectivity index (χ0v) is 23.2. The number of aryl methyl sites for hydroxylation is 1. The van der Waals surface area contributed by atoms with Gasteiger partial charge in [-0.15, -0.1) is 0 Å². The summed E-state index contributed by atoms with van der Waals surface area (Å²) >= 11 is 1.55. The molecule has 2 aromatic carbocycles. The second-order valence-electron chi connectivity index (χ2n) is 8.78. The number of ether oxygens (including phenoxy) is 1. The molecule has 3 rings (SSSR count). The molecule has 1 heterocycles. The third-order valence-corrected chi connectivity index (χ3v) is 6.21. The zero-order chi connectivity index (χ0) is 28.4. The Morgan fingerprint density at radius 1 is 1.23 bits per heavy atom. The first-order chi connectivity index (χ1) is 18.7. The predicted octanol–water partition coefficient (Wildman–Crippen LogP) is 6.27. The van der Waals surface area contributed by atoms with Crippen molar-refractivity contribution in [2.24, 2.45) is 0 Å². The van der Waals surface area contributed by atoms with Gasteiger partial charge < -0.3 is 20.5 Å². The van der Waals surface area contributed by atoms with Gasteiger partial charge in [0.15, 0.2) is 17.3 Å². The van der Waals surface area contributed by atoms with Gasteiger partial charge in [-0.3, -0.25) is 4.79 Å². The molecule has 7 nitrogen and oxygen atoms in total. The van der Waals surface area contributed by atoms with Crippen molar-refractivity contribution in [3.63, 3.8) is 0 Å². The van der Waals surface area contributed by atoms with E-state index >= 15 is 0 Å². The smallest absolute Gasteiger partial charge is 0.201 e. The molecule has 10 heteroatoms. The van der Waals surface area contributed by atoms with Crippen LogP contribution in [0.25, 0.3) is 5.69 Å². The number of halogens is 2. The highest BCUT2D eigenvalue weighted by Gasteiger charge is 2.16. The lowest BCUT2D eigenvalue weighted by Crippen LogP contribution is -2.10. The highest BCUT2D eigenvalue weighted by Crippen LogP contribution is 2.29. The number of allylic oxidation sites excluding steroid dienone is 4. The molecule has 0 bridgehead atoms. The summed E-state index contributed by atoms with van der Waals surface area (Å²) in [6.07, 6.45) is 12.3. The monoisotopic (exact) mass is 553 g/mol. The van der Waals surface area contributed by atoms with Crippen LogP contribution in [0.4, 0.5) is 14.6 Å². The number of nitrogen functional groups attached to an aromatic ring is 1. The van der Waals surface area contributed by atoms with Crippen LogP contribution in [0.5, 0.6) is 11.5 Å². The number of likely N-dealkylation sites (N-methyl/N-ethyl adjacent to an activating group) is 1. The summed E-state index contributed by atoms with van der Waals surface area (Å²) < 4.78 is 37.7. The van der Waals surface area contributed by atoms with E-state index in [0.717, 1.165) is 24.7 Å². The number of nitrogens with one attached hydrogen (secondary N) is 2. The Morgan fingerprint density at radius 2 is 2.03 bits per heavy atom. The number of benzene rings is 2. The molecule has 4 N–H and O–H groups in total. The molecule has 0 atom stereocenters. The Morgan fingerprint density at radius 3 is 2.74 bits per heavy atom. The minimum absolute atomic E-state index is 0.201. The number of anilines is 1. The molecule has 0 fully saturated rings. The van der Waals surface area contributed by atoms with Gasteiger partial charge in [-0.1, -0.05) is 41.8 Å². The molecule has 39 heavy (non-hydrogen) atoms. The molecular weight excluding hydrogens is 520 g/mol. The fourth-order valence-corrected chi connectivity index (χ4v) is 4.19. The number of rotatable bonds is 13. The van der Waals surface area contributed by atoms with Crippen LogP contribution in [0.1, 0.15) is 35.7 Å². The predicted molar refractivity (Wildman–Crippen MR) is 154 cm³/mol. The Kier molecular flexibility index (Phi) is 10.9. The maximum Gasteiger partial charge on any atom is 0.201 e. The number of hydrogen-bond acceptors (Lipinski definition) is 7. The van der Waals surface area contributed by atoms with Gasteiger partial charge in [0.05, 0.1) is 17.4 Å². The van der Waals surface area contributed by atoms with Gasteiger partial charge in [-0.05, 0) is 69.3 Å². The maximum atomic E-state index is 14.0. The number of hydrogen-bond donors (Lipinski definition) is 3. The summed E-state index contributed by atoms with van der Waals surface area (Å²) in [6, 6.07) is 8.68. The van der Waals surface area contributed by atoms with Gasteiger partial charge in [0.25, 0.3) is 0 Å². The molecule has 0 aliphatic carbocycles. The standard InChI is InChI=1S/C29H33F2N5O2S/c1-19(16-21(35-39-4)14-15-33-3)8-5-6-10-26(37)23-18-34-36(29(23)32)25-13-12-22(17-20(25)2)38-27-11-7-9-24(30)28(27)31/h6-14,17-18,33,35H,5,15-16,32H2,1-4H3/b10-6+,19-8-,21-14+. The second-order valence-corrected chi connectivity index (χ2v) is 9.39. The summed E-state index contributed by atoms with van der Waals surface area (Å²) in [6.45, 7) is 4.64. The van der Waals surface area contributed by atoms with Crippen LogP contribution in [0.3, 0.4) is 0 Å². The molecule has 0 saturated carbocycles. The lowest BCUT2D eigenvalue weighted by molar-refractivity contribution is 0.104. The van der Waals surface area contributed by atoms with E-state index in [9.17, 15) is 13.6 Å². The van der Waals surface area contributed by atoms with Crippen LogP contribution in [-0.2, 0) is 0 Å². The first-order valence-corrected chi connectivity index (χ1v) is 13.5. The summed E-state index contributed by atoms with van der Waals surface area (Å²) in [5.74, 6) is -1.99. The highest BCUT2D eigenvalue weighted by molar-refractivity contribution is 7.96. The fourth-order valence-electron chi connectivity index (χ4n) is 3.77. The Hall–Kier alpha value is -3.89. The number of nitrogens with zero attached hydrogens (tertiary/aromatic N) is 2. The summed E-state index contributed by atoms with van der Waals surface area (Å²) in [7, 11) is 1.90. The van der Waals surface area contributed by atoms with Crippen LogP contribution >= 0.6 is 11.9 Å². The van der Waals surface area contributed by atoms with Crippen molar-refractivity contribution in [2.45, 2.75) is 26.7 Å². The van der Waals surface area contributed by atoms with E-state index in [1.165, 1.54) is 34.7 Å². The third kappa shape index (κ3) is 8.05. The summed E-state index contributed by atoms with van der Waals surface area (Å²) in [4.78, 5) is 12.8. The highest BCUT2D eigenvalue weighted by atomic mass is 32.2. The van der Waals surface area contributed by atoms with E-state index in [2.05, 4.69) is 34.2 Å². The van der Waals surface area contributed by atoms with E-state index in [1.807, 2.05) is 13.3 Å². The summed E-state index contributed by atoms with van der Waals surface area (Å²) in [5, 5.41) is 7.40. The van der Waals surface area contributed by atoms with Gasteiger partial charge in [0.1, 0.15) is 11.6 Å². The number of aromatic nitrogens is 2. The average Bonchev–Trinajstić information content (AvgIpc) is 3.29. The molecule has 0 amide bonds. The van der Waals surface area contributed by atoms with Crippen LogP contribution in [0, 0.1) is 18.6 Å². The van der Waals surface area contributed by atoms with Crippen molar-refractivity contribution in [1.82, 2.24) is 19.8 Å². The molecule has 3 aromatic rings. The normalized spacial score (nSPS) is 12.3. The molecule has 0 saturated heterocycles. The van der Waals surface area contributed by atoms with Gasteiger partial charge in [0.2, 0.25) is 5.82 Å². The molecule has 206 valence electrons. The van der Waals surface area contributed by atoms with Gasteiger partial charge in [-0.25, -0.2) is 9.07 Å². The maximum absolute atomic E-state index is 14.0. The second kappa shape index (κ2) is 14.3. The van der Waals surface area contributed by atoms with Crippen LogP contribution in [0.2, 0.25) is 0 Å². The Labute approximate surface area is 231 Å². The Bertz CT molecular complexity index is 1400. The number of carbonyl (C=O) groups is 1. The van der Waals surface area contributed by atoms with Crippen LogP contribution in [0.15, 0.2) is 78.2 Å².